The Bertz CT molecular complexity index is 1300. The number of hydrogen-bond donors (Lipinski definition) is 1. The second-order valence-electron chi connectivity index (χ2n) is 6.41. The van der Waals surface area contributed by atoms with Crippen LogP contribution >= 0.6 is 11.3 Å². The number of para-hydroxylation sites is 1. The lowest BCUT2D eigenvalue weighted by Crippen LogP contribution is -2.26. The van der Waals surface area contributed by atoms with E-state index in [4.69, 9.17) is 0 Å². The third-order valence-electron chi connectivity index (χ3n) is 4.57. The summed E-state index contributed by atoms with van der Waals surface area (Å²) in [5.41, 5.74) is 1.90. The van der Waals surface area contributed by atoms with Crippen LogP contribution in [0.5, 0.6) is 0 Å². The Morgan fingerprint density at radius 2 is 1.78 bits per heavy atom. The van der Waals surface area contributed by atoms with E-state index >= 15 is 0 Å². The molecule has 0 fully saturated rings. The average Bonchev–Trinajstić information content (AvgIpc) is 3.17. The molecule has 2 aromatic carbocycles. The molecule has 9 heteroatoms. The van der Waals surface area contributed by atoms with Crippen molar-refractivity contribution < 1.29 is 8.42 Å². The smallest absolute Gasteiger partial charge is 0.295 e. The number of hydrogen-bond acceptors (Lipinski definition) is 5. The van der Waals surface area contributed by atoms with Gasteiger partial charge in [-0.3, -0.25) is 9.13 Å². The zero-order chi connectivity index (χ0) is 19.3. The highest BCUT2D eigenvalue weighted by atomic mass is 32.2. The summed E-state index contributed by atoms with van der Waals surface area (Å²) in [6.07, 6.45) is 0. The predicted octanol–water partition coefficient (Wildman–Crippen LogP) is 2.53. The van der Waals surface area contributed by atoms with Crippen molar-refractivity contribution in [2.75, 3.05) is 0 Å². The molecule has 0 saturated carbocycles. The Kier molecular flexibility index (Phi) is 4.17. The van der Waals surface area contributed by atoms with Gasteiger partial charge in [-0.15, -0.1) is 11.3 Å². The summed E-state index contributed by atoms with van der Waals surface area (Å²) in [7, 11) is -0.483. The minimum atomic E-state index is -3.76. The number of nitrogens with zero attached hydrogens (tertiary/aromatic N) is 3. The number of sulfonamides is 1. The molecule has 0 spiro atoms. The molecular formula is C18H18N4O3S2. The molecule has 2 aromatic heterocycles. The van der Waals surface area contributed by atoms with Crippen molar-refractivity contribution >= 4 is 42.6 Å². The van der Waals surface area contributed by atoms with E-state index in [9.17, 15) is 13.2 Å². The topological polar surface area (TPSA) is 86.0 Å². The van der Waals surface area contributed by atoms with Crippen molar-refractivity contribution in [1.29, 1.82) is 0 Å². The first kappa shape index (κ1) is 17.9. The van der Waals surface area contributed by atoms with Gasteiger partial charge >= 0.3 is 5.69 Å². The molecular weight excluding hydrogens is 384 g/mol. The summed E-state index contributed by atoms with van der Waals surface area (Å²) in [5.74, 6) is 0. The maximum atomic E-state index is 12.8. The van der Waals surface area contributed by atoms with E-state index in [0.29, 0.717) is 16.0 Å². The fraction of sp³-hybridized carbons (Fsp3) is 0.222. The fourth-order valence-corrected chi connectivity index (χ4v) is 5.35. The fourth-order valence-electron chi connectivity index (χ4n) is 3.08. The number of imidazole rings is 1. The van der Waals surface area contributed by atoms with Gasteiger partial charge in [0.15, 0.2) is 0 Å². The number of aryl methyl sites for hydroxylation is 2. The van der Waals surface area contributed by atoms with Crippen LogP contribution in [0.1, 0.15) is 18.0 Å². The molecule has 1 N–H and O–H groups in total. The maximum Gasteiger partial charge on any atom is 0.328 e. The van der Waals surface area contributed by atoms with Crippen LogP contribution in [0, 0.1) is 0 Å². The normalized spacial score (nSPS) is 13.4. The van der Waals surface area contributed by atoms with E-state index < -0.39 is 16.1 Å². The van der Waals surface area contributed by atoms with Crippen molar-refractivity contribution in [3.8, 4) is 0 Å². The van der Waals surface area contributed by atoms with Gasteiger partial charge in [0, 0.05) is 14.1 Å². The first-order valence-corrected chi connectivity index (χ1v) is 10.6. The molecule has 0 amide bonds. The zero-order valence-corrected chi connectivity index (χ0v) is 16.6. The molecule has 1 unspecified atom stereocenters. The summed E-state index contributed by atoms with van der Waals surface area (Å²) in [6, 6.07) is 11.9. The largest absolute Gasteiger partial charge is 0.328 e. The van der Waals surface area contributed by atoms with Crippen molar-refractivity contribution in [3.63, 3.8) is 0 Å². The molecule has 2 heterocycles. The Balaban J connectivity index is 1.69. The minimum absolute atomic E-state index is 0.115. The summed E-state index contributed by atoms with van der Waals surface area (Å²) in [4.78, 5) is 16.7. The van der Waals surface area contributed by atoms with Crippen LogP contribution in [0.4, 0.5) is 0 Å². The van der Waals surface area contributed by atoms with Gasteiger partial charge in [0.05, 0.1) is 32.2 Å². The number of fused-ring (bicyclic) bond motifs is 2. The van der Waals surface area contributed by atoms with Gasteiger partial charge < -0.3 is 0 Å². The highest BCUT2D eigenvalue weighted by Gasteiger charge is 2.22. The van der Waals surface area contributed by atoms with Crippen molar-refractivity contribution in [2.24, 2.45) is 14.1 Å². The monoisotopic (exact) mass is 402 g/mol. The molecule has 0 bridgehead atoms. The third kappa shape index (κ3) is 2.97. The first-order chi connectivity index (χ1) is 12.8. The van der Waals surface area contributed by atoms with Crippen molar-refractivity contribution in [2.45, 2.75) is 17.9 Å². The highest BCUT2D eigenvalue weighted by Crippen LogP contribution is 2.27. The molecule has 0 saturated heterocycles. The van der Waals surface area contributed by atoms with E-state index in [-0.39, 0.29) is 10.6 Å². The lowest BCUT2D eigenvalue weighted by Gasteiger charge is -2.12. The van der Waals surface area contributed by atoms with E-state index in [0.717, 1.165) is 10.2 Å². The van der Waals surface area contributed by atoms with Gasteiger partial charge in [0.1, 0.15) is 5.01 Å². The van der Waals surface area contributed by atoms with Gasteiger partial charge in [0.25, 0.3) is 0 Å². The first-order valence-electron chi connectivity index (χ1n) is 8.31. The van der Waals surface area contributed by atoms with Crippen LogP contribution in [-0.4, -0.2) is 22.5 Å². The summed E-state index contributed by atoms with van der Waals surface area (Å²) in [6.45, 7) is 1.77. The van der Waals surface area contributed by atoms with Gasteiger partial charge in [-0.25, -0.2) is 22.9 Å². The average molecular weight is 403 g/mol. The van der Waals surface area contributed by atoms with Crippen LogP contribution in [0.25, 0.3) is 21.3 Å². The molecule has 0 aliphatic rings. The molecule has 4 rings (SSSR count). The van der Waals surface area contributed by atoms with E-state index in [2.05, 4.69) is 9.71 Å². The SMILES string of the molecule is CC(NS(=O)(=O)c1ccc2c(c1)n(C)c(=O)n2C)c1nc2ccccc2s1. The predicted molar refractivity (Wildman–Crippen MR) is 107 cm³/mol. The standard InChI is InChI=1S/C18H18N4O3S2/c1-11(17-19-13-6-4-5-7-16(13)26-17)20-27(24,25)12-8-9-14-15(10-12)22(3)18(23)21(14)2/h4-11,20H,1-3H3. The van der Waals surface area contributed by atoms with Crippen LogP contribution in [0.2, 0.25) is 0 Å². The number of aromatic nitrogens is 3. The molecule has 4 aromatic rings. The number of thiazole rings is 1. The van der Waals surface area contributed by atoms with Crippen LogP contribution in [-0.2, 0) is 24.1 Å². The number of benzene rings is 2. The number of nitrogens with one attached hydrogen (secondary N) is 1. The third-order valence-corrected chi connectivity index (χ3v) is 7.32. The lowest BCUT2D eigenvalue weighted by atomic mass is 10.3. The highest BCUT2D eigenvalue weighted by molar-refractivity contribution is 7.89. The zero-order valence-electron chi connectivity index (χ0n) is 15.0. The van der Waals surface area contributed by atoms with E-state index in [1.54, 1.807) is 27.1 Å². The van der Waals surface area contributed by atoms with Gasteiger partial charge in [-0.2, -0.15) is 0 Å². The summed E-state index contributed by atoms with van der Waals surface area (Å²) < 4.78 is 32.3. The van der Waals surface area contributed by atoms with Crippen LogP contribution in [0.3, 0.4) is 0 Å². The molecule has 0 aliphatic carbocycles. The Hall–Kier alpha value is -2.49. The van der Waals surface area contributed by atoms with E-state index in [1.165, 1.54) is 32.6 Å². The molecule has 140 valence electrons. The van der Waals surface area contributed by atoms with Crippen LogP contribution < -0.4 is 10.4 Å². The minimum Gasteiger partial charge on any atom is -0.295 e. The molecule has 27 heavy (non-hydrogen) atoms. The van der Waals surface area contributed by atoms with Crippen molar-refractivity contribution in [1.82, 2.24) is 18.8 Å². The Morgan fingerprint density at radius 3 is 2.52 bits per heavy atom. The molecule has 0 radical (unpaired) electrons. The van der Waals surface area contributed by atoms with Crippen LogP contribution in [0.15, 0.2) is 52.2 Å². The summed E-state index contributed by atoms with van der Waals surface area (Å²) >= 11 is 1.46. The quantitative estimate of drug-likeness (QED) is 0.568. The molecule has 1 atom stereocenters. The van der Waals surface area contributed by atoms with Gasteiger partial charge in [0.2, 0.25) is 10.0 Å². The van der Waals surface area contributed by atoms with Gasteiger partial charge in [-0.05, 0) is 37.3 Å². The lowest BCUT2D eigenvalue weighted by molar-refractivity contribution is 0.566. The molecule has 0 aliphatic heterocycles. The Labute approximate surface area is 159 Å². The maximum absolute atomic E-state index is 12.8. The second-order valence-corrected chi connectivity index (χ2v) is 9.19. The Morgan fingerprint density at radius 1 is 1.07 bits per heavy atom. The second kappa shape index (κ2) is 6.29. The van der Waals surface area contributed by atoms with Crippen molar-refractivity contribution in [3.05, 3.63) is 58.0 Å². The molecule has 7 nitrogen and oxygen atoms in total. The van der Waals surface area contributed by atoms with Gasteiger partial charge in [-0.1, -0.05) is 12.1 Å². The summed E-state index contributed by atoms with van der Waals surface area (Å²) in [5, 5.41) is 0.702. The van der Waals surface area contributed by atoms with E-state index in [1.807, 2.05) is 24.3 Å². The number of rotatable bonds is 4.